The molecule has 2 aromatic carbocycles. The maximum absolute atomic E-state index is 4.95. The third-order valence-corrected chi connectivity index (χ3v) is 5.28. The second-order valence-electron chi connectivity index (χ2n) is 5.62. The molecule has 1 saturated heterocycles. The number of thiazole rings is 1. The van der Waals surface area contributed by atoms with Gasteiger partial charge in [-0.3, -0.25) is 0 Å². The van der Waals surface area contributed by atoms with Crippen LogP contribution in [-0.2, 0) is 0 Å². The largest absolute Gasteiger partial charge is 0.317 e. The fourth-order valence-corrected chi connectivity index (χ4v) is 4.11. The summed E-state index contributed by atoms with van der Waals surface area (Å²) >= 11 is 1.82. The first-order chi connectivity index (χ1) is 10.4. The lowest BCUT2D eigenvalue weighted by Gasteiger charge is -2.20. The lowest BCUT2D eigenvalue weighted by molar-refractivity contribution is 0.459. The van der Waals surface area contributed by atoms with Gasteiger partial charge in [0, 0.05) is 16.9 Å². The van der Waals surface area contributed by atoms with Crippen LogP contribution in [0.3, 0.4) is 0 Å². The fourth-order valence-electron chi connectivity index (χ4n) is 3.12. The van der Waals surface area contributed by atoms with E-state index in [-0.39, 0.29) is 0 Å². The zero-order chi connectivity index (χ0) is 14.1. The number of benzene rings is 2. The van der Waals surface area contributed by atoms with Crippen LogP contribution in [0.2, 0.25) is 0 Å². The van der Waals surface area contributed by atoms with Gasteiger partial charge in [-0.25, -0.2) is 4.98 Å². The minimum absolute atomic E-state index is 0.639. The number of fused-ring (bicyclic) bond motifs is 1. The highest BCUT2D eigenvalue weighted by molar-refractivity contribution is 7.10. The number of hydrogen-bond donors (Lipinski definition) is 1. The first kappa shape index (κ1) is 13.0. The first-order valence-electron chi connectivity index (χ1n) is 7.56. The molecular weight excluding hydrogens is 276 g/mol. The van der Waals surface area contributed by atoms with Crippen molar-refractivity contribution in [2.45, 2.75) is 18.8 Å². The lowest BCUT2D eigenvalue weighted by Crippen LogP contribution is -2.26. The van der Waals surface area contributed by atoms with Gasteiger partial charge in [0.25, 0.3) is 0 Å². The Bertz CT molecular complexity index is 751. The second-order valence-corrected chi connectivity index (χ2v) is 6.51. The van der Waals surface area contributed by atoms with Crippen molar-refractivity contribution in [3.63, 3.8) is 0 Å². The van der Waals surface area contributed by atoms with Gasteiger partial charge in [-0.15, -0.1) is 11.3 Å². The molecule has 21 heavy (non-hydrogen) atoms. The molecule has 2 nitrogen and oxygen atoms in total. The molecule has 1 aliphatic heterocycles. The number of nitrogens with zero attached hydrogens (tertiary/aromatic N) is 1. The molecule has 0 radical (unpaired) electrons. The Kier molecular flexibility index (Phi) is 3.45. The Morgan fingerprint density at radius 2 is 1.81 bits per heavy atom. The van der Waals surface area contributed by atoms with Gasteiger partial charge in [0.1, 0.15) is 0 Å². The number of aromatic nitrogens is 1. The van der Waals surface area contributed by atoms with Crippen molar-refractivity contribution < 1.29 is 0 Å². The van der Waals surface area contributed by atoms with Crippen molar-refractivity contribution in [2.75, 3.05) is 13.1 Å². The van der Waals surface area contributed by atoms with Gasteiger partial charge in [-0.1, -0.05) is 42.5 Å². The van der Waals surface area contributed by atoms with E-state index < -0.39 is 0 Å². The topological polar surface area (TPSA) is 24.9 Å². The summed E-state index contributed by atoms with van der Waals surface area (Å²) in [7, 11) is 0. The Morgan fingerprint density at radius 1 is 1.00 bits per heavy atom. The van der Waals surface area contributed by atoms with Gasteiger partial charge in [-0.2, -0.15) is 0 Å². The quantitative estimate of drug-likeness (QED) is 0.756. The van der Waals surface area contributed by atoms with Gasteiger partial charge < -0.3 is 5.32 Å². The standard InChI is InChI=1S/C18H18N2S/c1-2-6-15-13(4-1)5-3-7-16(15)17-12-21-18(20-17)14-8-10-19-11-9-14/h1-7,12,14,19H,8-11H2. The molecule has 1 aliphatic rings. The van der Waals surface area contributed by atoms with E-state index >= 15 is 0 Å². The number of hydrogen-bond acceptors (Lipinski definition) is 3. The number of rotatable bonds is 2. The highest BCUT2D eigenvalue weighted by Gasteiger charge is 2.19. The van der Waals surface area contributed by atoms with Crippen molar-refractivity contribution in [1.29, 1.82) is 0 Å². The molecule has 0 amide bonds. The van der Waals surface area contributed by atoms with Crippen LogP contribution < -0.4 is 5.32 Å². The van der Waals surface area contributed by atoms with E-state index in [1.807, 2.05) is 11.3 Å². The summed E-state index contributed by atoms with van der Waals surface area (Å²) < 4.78 is 0. The summed E-state index contributed by atoms with van der Waals surface area (Å²) in [5.74, 6) is 0.639. The molecule has 106 valence electrons. The molecule has 1 aromatic heterocycles. The average molecular weight is 294 g/mol. The summed E-state index contributed by atoms with van der Waals surface area (Å²) in [6, 6.07) is 15.0. The van der Waals surface area contributed by atoms with Crippen molar-refractivity contribution in [3.05, 3.63) is 52.9 Å². The molecule has 0 bridgehead atoms. The maximum Gasteiger partial charge on any atom is 0.0964 e. The molecule has 0 saturated carbocycles. The zero-order valence-corrected chi connectivity index (χ0v) is 12.7. The van der Waals surface area contributed by atoms with Crippen LogP contribution in [0.1, 0.15) is 23.8 Å². The van der Waals surface area contributed by atoms with E-state index in [1.165, 1.54) is 34.2 Å². The Hall–Kier alpha value is -1.71. The summed E-state index contributed by atoms with van der Waals surface area (Å²) in [6.07, 6.45) is 2.42. The van der Waals surface area contributed by atoms with Crippen LogP contribution in [0.25, 0.3) is 22.0 Å². The molecule has 3 aromatic rings. The predicted molar refractivity (Wildman–Crippen MR) is 89.9 cm³/mol. The molecule has 3 heteroatoms. The van der Waals surface area contributed by atoms with E-state index in [2.05, 4.69) is 53.2 Å². The fraction of sp³-hybridized carbons (Fsp3) is 0.278. The summed E-state index contributed by atoms with van der Waals surface area (Å²) in [5, 5.41) is 9.53. The number of nitrogens with one attached hydrogen (secondary N) is 1. The Labute approximate surface area is 128 Å². The third kappa shape index (κ3) is 2.47. The highest BCUT2D eigenvalue weighted by Crippen LogP contribution is 2.33. The average Bonchev–Trinajstić information content (AvgIpc) is 3.05. The molecule has 0 aliphatic carbocycles. The van der Waals surface area contributed by atoms with E-state index in [4.69, 9.17) is 4.98 Å². The van der Waals surface area contributed by atoms with Crippen LogP contribution in [0.15, 0.2) is 47.8 Å². The van der Waals surface area contributed by atoms with Gasteiger partial charge >= 0.3 is 0 Å². The minimum atomic E-state index is 0.639. The van der Waals surface area contributed by atoms with Crippen molar-refractivity contribution in [3.8, 4) is 11.3 Å². The van der Waals surface area contributed by atoms with Gasteiger partial charge in [0.15, 0.2) is 0 Å². The predicted octanol–water partition coefficient (Wildman–Crippen LogP) is 4.43. The van der Waals surface area contributed by atoms with Crippen molar-refractivity contribution in [2.24, 2.45) is 0 Å². The van der Waals surface area contributed by atoms with Crippen molar-refractivity contribution >= 4 is 22.1 Å². The van der Waals surface area contributed by atoms with Crippen LogP contribution in [0.4, 0.5) is 0 Å². The Balaban J connectivity index is 1.74. The minimum Gasteiger partial charge on any atom is -0.317 e. The summed E-state index contributed by atoms with van der Waals surface area (Å²) in [5.41, 5.74) is 2.38. The molecule has 0 spiro atoms. The Morgan fingerprint density at radius 3 is 2.71 bits per heavy atom. The molecule has 4 rings (SSSR count). The first-order valence-corrected chi connectivity index (χ1v) is 8.44. The normalized spacial score (nSPS) is 16.4. The van der Waals surface area contributed by atoms with E-state index in [0.717, 1.165) is 18.8 Å². The molecule has 0 unspecified atom stereocenters. The zero-order valence-electron chi connectivity index (χ0n) is 11.9. The van der Waals surface area contributed by atoms with Gasteiger partial charge in [0.2, 0.25) is 0 Å². The second kappa shape index (κ2) is 5.58. The summed E-state index contributed by atoms with van der Waals surface area (Å²) in [4.78, 5) is 4.95. The molecule has 1 fully saturated rings. The van der Waals surface area contributed by atoms with Gasteiger partial charge in [-0.05, 0) is 36.7 Å². The van der Waals surface area contributed by atoms with Crippen LogP contribution >= 0.6 is 11.3 Å². The smallest absolute Gasteiger partial charge is 0.0964 e. The summed E-state index contributed by atoms with van der Waals surface area (Å²) in [6.45, 7) is 2.24. The molecule has 1 N–H and O–H groups in total. The maximum atomic E-state index is 4.95. The van der Waals surface area contributed by atoms with Gasteiger partial charge in [0.05, 0.1) is 10.7 Å². The van der Waals surface area contributed by atoms with Crippen LogP contribution in [0, 0.1) is 0 Å². The van der Waals surface area contributed by atoms with E-state index in [0.29, 0.717) is 5.92 Å². The molecule has 0 atom stereocenters. The van der Waals surface area contributed by atoms with Crippen molar-refractivity contribution in [1.82, 2.24) is 10.3 Å². The van der Waals surface area contributed by atoms with Crippen LogP contribution in [0.5, 0.6) is 0 Å². The molecule has 2 heterocycles. The molecular formula is C18H18N2S. The third-order valence-electron chi connectivity index (χ3n) is 4.28. The monoisotopic (exact) mass is 294 g/mol. The van der Waals surface area contributed by atoms with E-state index in [1.54, 1.807) is 0 Å². The van der Waals surface area contributed by atoms with E-state index in [9.17, 15) is 0 Å². The SMILES string of the molecule is c1ccc2c(-c3csc(C4CCNCC4)n3)cccc2c1. The van der Waals surface area contributed by atoms with Crippen LogP contribution in [-0.4, -0.2) is 18.1 Å². The number of piperidine rings is 1. The lowest BCUT2D eigenvalue weighted by atomic mass is 9.99. The highest BCUT2D eigenvalue weighted by atomic mass is 32.1.